The largest absolute Gasteiger partial charge is 0.726 e. The van der Waals surface area contributed by atoms with Crippen LogP contribution in [-0.4, -0.2) is 40.2 Å². The quantitative estimate of drug-likeness (QED) is 0.473. The van der Waals surface area contributed by atoms with Gasteiger partial charge in [-0.25, -0.2) is 16.8 Å². The van der Waals surface area contributed by atoms with Crippen molar-refractivity contribution >= 4 is 20.8 Å². The summed E-state index contributed by atoms with van der Waals surface area (Å²) in [4.78, 5) is 0. The van der Waals surface area contributed by atoms with Crippen LogP contribution in [0.3, 0.4) is 0 Å². The molecular formula is C4H14O8S2-2. The van der Waals surface area contributed by atoms with Crippen molar-refractivity contribution in [3.8, 4) is 0 Å². The average molecular weight is 254 g/mol. The van der Waals surface area contributed by atoms with E-state index in [1.165, 1.54) is 0 Å². The van der Waals surface area contributed by atoms with Crippen molar-refractivity contribution in [2.75, 3.05) is 14.2 Å². The van der Waals surface area contributed by atoms with Crippen molar-refractivity contribution in [3.05, 3.63) is 0 Å². The lowest BCUT2D eigenvalue weighted by atomic mass is 11.8. The summed E-state index contributed by atoms with van der Waals surface area (Å²) in [5, 5.41) is 0. The van der Waals surface area contributed by atoms with Crippen LogP contribution in [-0.2, 0) is 29.2 Å². The second-order valence-electron chi connectivity index (χ2n) is 1.15. The molecule has 14 heavy (non-hydrogen) atoms. The molecule has 0 rings (SSSR count). The third-order valence-electron chi connectivity index (χ3n) is 0.408. The second-order valence-corrected chi connectivity index (χ2v) is 3.45. The maximum atomic E-state index is 9.22. The summed E-state index contributed by atoms with van der Waals surface area (Å²) in [6.45, 7) is 0. The van der Waals surface area contributed by atoms with E-state index in [2.05, 4.69) is 8.37 Å². The summed E-state index contributed by atoms with van der Waals surface area (Å²) in [6, 6.07) is 0. The fourth-order valence-electron chi connectivity index (χ4n) is 0. The first-order valence-electron chi connectivity index (χ1n) is 2.15. The van der Waals surface area contributed by atoms with Crippen LogP contribution in [0.1, 0.15) is 14.9 Å². The van der Waals surface area contributed by atoms with Gasteiger partial charge in [-0.15, -0.1) is 0 Å². The fourth-order valence-corrected chi connectivity index (χ4v) is 0. The van der Waals surface area contributed by atoms with Crippen LogP contribution < -0.4 is 0 Å². The molecule has 0 atom stereocenters. The van der Waals surface area contributed by atoms with Crippen molar-refractivity contribution in [2.45, 2.75) is 14.9 Å². The maximum Gasteiger partial charge on any atom is 0.217 e. The molecule has 0 amide bonds. The van der Waals surface area contributed by atoms with Crippen LogP contribution in [0.25, 0.3) is 0 Å². The van der Waals surface area contributed by atoms with E-state index in [0.29, 0.717) is 0 Å². The van der Waals surface area contributed by atoms with Gasteiger partial charge in [-0.05, 0) is 0 Å². The molecule has 0 aliphatic rings. The van der Waals surface area contributed by atoms with Gasteiger partial charge in [0.2, 0.25) is 20.8 Å². The molecule has 0 aliphatic heterocycles. The van der Waals surface area contributed by atoms with Crippen LogP contribution in [0.15, 0.2) is 0 Å². The van der Waals surface area contributed by atoms with Gasteiger partial charge in [-0.1, -0.05) is 14.9 Å². The van der Waals surface area contributed by atoms with E-state index < -0.39 is 20.8 Å². The van der Waals surface area contributed by atoms with Crippen LogP contribution in [0.2, 0.25) is 0 Å². The highest BCUT2D eigenvalue weighted by atomic mass is 32.3. The van der Waals surface area contributed by atoms with Crippen molar-refractivity contribution in [3.63, 3.8) is 0 Å². The Labute approximate surface area is 84.8 Å². The molecule has 0 aliphatic carbocycles. The molecule has 0 saturated heterocycles. The molecular weight excluding hydrogens is 240 g/mol. The minimum Gasteiger partial charge on any atom is -0.726 e. The topological polar surface area (TPSA) is 133 Å². The Kier molecular flexibility index (Phi) is 15.6. The van der Waals surface area contributed by atoms with E-state index in [4.69, 9.17) is 0 Å². The normalized spacial score (nSPS) is 10.0. The first-order valence-corrected chi connectivity index (χ1v) is 4.82. The highest BCUT2D eigenvalue weighted by Crippen LogP contribution is 1.74. The van der Waals surface area contributed by atoms with Gasteiger partial charge in [0, 0.05) is 0 Å². The smallest absolute Gasteiger partial charge is 0.217 e. The summed E-state index contributed by atoms with van der Waals surface area (Å²) >= 11 is 0. The molecule has 8 nitrogen and oxygen atoms in total. The van der Waals surface area contributed by atoms with Crippen LogP contribution in [0.5, 0.6) is 0 Å². The average Bonchev–Trinajstić information content (AvgIpc) is 1.86. The lowest BCUT2D eigenvalue weighted by Crippen LogP contribution is -1.97. The molecule has 0 aromatic heterocycles. The molecule has 0 saturated carbocycles. The summed E-state index contributed by atoms with van der Waals surface area (Å²) < 4.78 is 62.0. The lowest BCUT2D eigenvalue weighted by Gasteiger charge is -1.98. The van der Waals surface area contributed by atoms with Gasteiger partial charge in [-0.3, -0.25) is 8.37 Å². The lowest BCUT2D eigenvalue weighted by molar-refractivity contribution is 0.312. The van der Waals surface area contributed by atoms with E-state index in [9.17, 15) is 25.9 Å². The van der Waals surface area contributed by atoms with Gasteiger partial charge in [0.15, 0.2) is 0 Å². The van der Waals surface area contributed by atoms with Gasteiger partial charge < -0.3 is 9.11 Å². The molecule has 10 heteroatoms. The van der Waals surface area contributed by atoms with Gasteiger partial charge >= 0.3 is 0 Å². The van der Waals surface area contributed by atoms with Crippen LogP contribution in [0, 0.1) is 0 Å². The molecule has 0 unspecified atom stereocenters. The Bertz CT molecular complexity index is 255. The fraction of sp³-hybridized carbons (Fsp3) is 1.00. The Morgan fingerprint density at radius 3 is 0.857 bits per heavy atom. The van der Waals surface area contributed by atoms with E-state index in [1.807, 2.05) is 0 Å². The minimum absolute atomic E-state index is 0. The first-order chi connectivity index (χ1) is 5.12. The van der Waals surface area contributed by atoms with E-state index >= 15 is 0 Å². The summed E-state index contributed by atoms with van der Waals surface area (Å²) in [6.07, 6.45) is 0. The highest BCUT2D eigenvalue weighted by molar-refractivity contribution is 7.81. The number of hydrogen-bond acceptors (Lipinski definition) is 8. The molecule has 92 valence electrons. The predicted molar refractivity (Wildman–Crippen MR) is 46.9 cm³/mol. The second kappa shape index (κ2) is 9.30. The zero-order chi connectivity index (χ0) is 10.4. The van der Waals surface area contributed by atoms with Gasteiger partial charge in [0.25, 0.3) is 0 Å². The summed E-state index contributed by atoms with van der Waals surface area (Å²) in [5.41, 5.74) is 0. The van der Waals surface area contributed by atoms with Crippen molar-refractivity contribution < 1.29 is 34.3 Å². The van der Waals surface area contributed by atoms with Crippen LogP contribution >= 0.6 is 0 Å². The molecule has 0 heterocycles. The maximum absolute atomic E-state index is 9.22. The molecule has 0 fully saturated rings. The SMILES string of the molecule is C.C.COS(=O)(=O)[O-].COS(=O)(=O)[O-]. The molecule has 0 aromatic rings. The monoisotopic (exact) mass is 254 g/mol. The summed E-state index contributed by atoms with van der Waals surface area (Å²) in [5.74, 6) is 0. The number of hydrogen-bond donors (Lipinski definition) is 0. The van der Waals surface area contributed by atoms with E-state index in [1.54, 1.807) is 0 Å². The Morgan fingerprint density at radius 1 is 0.786 bits per heavy atom. The Hall–Kier alpha value is -0.260. The van der Waals surface area contributed by atoms with Crippen molar-refractivity contribution in [2.24, 2.45) is 0 Å². The van der Waals surface area contributed by atoms with E-state index in [-0.39, 0.29) is 14.9 Å². The van der Waals surface area contributed by atoms with Crippen molar-refractivity contribution in [1.29, 1.82) is 0 Å². The van der Waals surface area contributed by atoms with Gasteiger partial charge in [0.05, 0.1) is 14.2 Å². The third-order valence-corrected chi connectivity index (χ3v) is 1.22. The Balaban J connectivity index is -0.0000000625. The minimum atomic E-state index is -4.41. The van der Waals surface area contributed by atoms with Gasteiger partial charge in [0.1, 0.15) is 0 Å². The standard InChI is InChI=1S/2CH4O4S.2CH4/c2*1-5-6(2,3)4;;/h2*1H3,(H,2,3,4);2*1H4/p-2. The molecule has 0 N–H and O–H groups in total. The molecule has 0 spiro atoms. The highest BCUT2D eigenvalue weighted by Gasteiger charge is 1.79. The third kappa shape index (κ3) is 41.1. The van der Waals surface area contributed by atoms with Gasteiger partial charge in [-0.2, -0.15) is 0 Å². The predicted octanol–water partition coefficient (Wildman–Crippen LogP) is -0.542. The Morgan fingerprint density at radius 2 is 0.857 bits per heavy atom. The molecule has 0 aromatic carbocycles. The first kappa shape index (κ1) is 23.5. The molecule has 0 bridgehead atoms. The van der Waals surface area contributed by atoms with Crippen molar-refractivity contribution in [1.82, 2.24) is 0 Å². The zero-order valence-corrected chi connectivity index (χ0v) is 7.72. The van der Waals surface area contributed by atoms with E-state index in [0.717, 1.165) is 14.2 Å². The summed E-state index contributed by atoms with van der Waals surface area (Å²) in [7, 11) is -7.21. The number of rotatable bonds is 2. The van der Waals surface area contributed by atoms with Crippen LogP contribution in [0.4, 0.5) is 0 Å². The zero-order valence-electron chi connectivity index (χ0n) is 6.08. The molecule has 0 radical (unpaired) electrons.